The van der Waals surface area contributed by atoms with Gasteiger partial charge in [-0.25, -0.2) is 0 Å². The highest BCUT2D eigenvalue weighted by atomic mass is 16.5. The van der Waals surface area contributed by atoms with Gasteiger partial charge in [0, 0.05) is 38.3 Å². The predicted octanol–water partition coefficient (Wildman–Crippen LogP) is 1.24. The molecule has 2 fully saturated rings. The van der Waals surface area contributed by atoms with E-state index in [0.29, 0.717) is 12.1 Å². The monoisotopic (exact) mass is 212 g/mol. The van der Waals surface area contributed by atoms with E-state index in [1.54, 1.807) is 0 Å². The van der Waals surface area contributed by atoms with Gasteiger partial charge in [0.15, 0.2) is 0 Å². The summed E-state index contributed by atoms with van der Waals surface area (Å²) in [6, 6.07) is 1.47. The Morgan fingerprint density at radius 1 is 1.47 bits per heavy atom. The number of nitrogens with zero attached hydrogens (tertiary/aromatic N) is 1. The summed E-state index contributed by atoms with van der Waals surface area (Å²) >= 11 is 0. The number of nitrogens with one attached hydrogen (secondary N) is 1. The molecule has 88 valence electrons. The van der Waals surface area contributed by atoms with Crippen LogP contribution in [0.1, 0.15) is 33.1 Å². The summed E-state index contributed by atoms with van der Waals surface area (Å²) in [5.74, 6) is 0. The summed E-state index contributed by atoms with van der Waals surface area (Å²) in [7, 11) is 0. The molecule has 3 heteroatoms. The second kappa shape index (κ2) is 5.28. The van der Waals surface area contributed by atoms with Gasteiger partial charge in [-0.2, -0.15) is 0 Å². The van der Waals surface area contributed by atoms with Crippen LogP contribution >= 0.6 is 0 Å². The third kappa shape index (κ3) is 2.92. The average molecular weight is 212 g/mol. The van der Waals surface area contributed by atoms with Gasteiger partial charge < -0.3 is 10.1 Å². The maximum Gasteiger partial charge on any atom is 0.0561 e. The third-order valence-corrected chi connectivity index (χ3v) is 3.75. The largest absolute Gasteiger partial charge is 0.378 e. The van der Waals surface area contributed by atoms with Crippen LogP contribution in [0.15, 0.2) is 0 Å². The highest BCUT2D eigenvalue weighted by molar-refractivity contribution is 4.84. The third-order valence-electron chi connectivity index (χ3n) is 3.75. The van der Waals surface area contributed by atoms with Crippen molar-refractivity contribution < 1.29 is 4.74 Å². The van der Waals surface area contributed by atoms with Crippen molar-refractivity contribution in [2.45, 2.75) is 51.3 Å². The Morgan fingerprint density at radius 2 is 2.33 bits per heavy atom. The van der Waals surface area contributed by atoms with Gasteiger partial charge >= 0.3 is 0 Å². The predicted molar refractivity (Wildman–Crippen MR) is 62.1 cm³/mol. The fraction of sp³-hybridized carbons (Fsp3) is 1.00. The van der Waals surface area contributed by atoms with E-state index >= 15 is 0 Å². The first kappa shape index (κ1) is 11.4. The Kier molecular flexibility index (Phi) is 4.00. The molecule has 0 aliphatic carbocycles. The SMILES string of the molecule is CCC1CN(C2CCOC(C)C2)CCN1. The second-order valence-corrected chi connectivity index (χ2v) is 4.91. The summed E-state index contributed by atoms with van der Waals surface area (Å²) in [4.78, 5) is 2.67. The Hall–Kier alpha value is -0.120. The highest BCUT2D eigenvalue weighted by Gasteiger charge is 2.28. The van der Waals surface area contributed by atoms with Crippen LogP contribution in [0, 0.1) is 0 Å². The highest BCUT2D eigenvalue weighted by Crippen LogP contribution is 2.20. The van der Waals surface area contributed by atoms with Crippen LogP contribution in [-0.4, -0.2) is 49.3 Å². The second-order valence-electron chi connectivity index (χ2n) is 4.91. The van der Waals surface area contributed by atoms with Gasteiger partial charge in [0.05, 0.1) is 6.10 Å². The summed E-state index contributed by atoms with van der Waals surface area (Å²) in [5, 5.41) is 3.58. The quantitative estimate of drug-likeness (QED) is 0.745. The van der Waals surface area contributed by atoms with Gasteiger partial charge in [-0.05, 0) is 26.2 Å². The first-order chi connectivity index (χ1) is 7.29. The zero-order valence-electron chi connectivity index (χ0n) is 10.0. The van der Waals surface area contributed by atoms with E-state index in [-0.39, 0.29) is 0 Å². The Morgan fingerprint density at radius 3 is 3.07 bits per heavy atom. The molecular formula is C12H24N2O. The van der Waals surface area contributed by atoms with Gasteiger partial charge in [-0.15, -0.1) is 0 Å². The lowest BCUT2D eigenvalue weighted by atomic mass is 10.0. The van der Waals surface area contributed by atoms with Crippen molar-refractivity contribution in [3.05, 3.63) is 0 Å². The molecule has 3 nitrogen and oxygen atoms in total. The molecule has 0 bridgehead atoms. The van der Waals surface area contributed by atoms with Crippen LogP contribution < -0.4 is 5.32 Å². The normalized spacial score (nSPS) is 39.2. The molecule has 2 saturated heterocycles. The van der Waals surface area contributed by atoms with Crippen LogP contribution in [0.4, 0.5) is 0 Å². The Balaban J connectivity index is 1.86. The molecule has 0 radical (unpaired) electrons. The summed E-state index contributed by atoms with van der Waals surface area (Å²) in [6.07, 6.45) is 4.14. The average Bonchev–Trinajstić information content (AvgIpc) is 2.29. The maximum atomic E-state index is 5.61. The maximum absolute atomic E-state index is 5.61. The van der Waals surface area contributed by atoms with Crippen LogP contribution in [-0.2, 0) is 4.74 Å². The molecule has 15 heavy (non-hydrogen) atoms. The minimum atomic E-state index is 0.457. The lowest BCUT2D eigenvalue weighted by Gasteiger charge is -2.41. The van der Waals surface area contributed by atoms with Crippen molar-refractivity contribution in [2.75, 3.05) is 26.2 Å². The lowest BCUT2D eigenvalue weighted by molar-refractivity contribution is -0.0234. The fourth-order valence-electron chi connectivity index (χ4n) is 2.76. The number of piperazine rings is 1. The molecule has 3 atom stereocenters. The molecule has 0 amide bonds. The van der Waals surface area contributed by atoms with Crippen molar-refractivity contribution in [1.82, 2.24) is 10.2 Å². The van der Waals surface area contributed by atoms with E-state index in [1.165, 1.54) is 32.4 Å². The minimum absolute atomic E-state index is 0.457. The van der Waals surface area contributed by atoms with Gasteiger partial charge in [0.2, 0.25) is 0 Å². The van der Waals surface area contributed by atoms with Crippen molar-refractivity contribution in [2.24, 2.45) is 0 Å². The Bertz CT molecular complexity index is 198. The van der Waals surface area contributed by atoms with Gasteiger partial charge in [0.25, 0.3) is 0 Å². The molecule has 0 saturated carbocycles. The summed E-state index contributed by atoms with van der Waals surface area (Å²) < 4.78 is 5.61. The molecule has 3 unspecified atom stereocenters. The van der Waals surface area contributed by atoms with Crippen LogP contribution in [0.25, 0.3) is 0 Å². The van der Waals surface area contributed by atoms with Gasteiger partial charge in [-0.1, -0.05) is 6.92 Å². The Labute approximate surface area is 93.2 Å². The van der Waals surface area contributed by atoms with E-state index in [0.717, 1.165) is 19.2 Å². The molecule has 2 heterocycles. The van der Waals surface area contributed by atoms with Crippen molar-refractivity contribution in [1.29, 1.82) is 0 Å². The van der Waals surface area contributed by atoms with Crippen molar-refractivity contribution >= 4 is 0 Å². The van der Waals surface area contributed by atoms with E-state index < -0.39 is 0 Å². The molecule has 2 aliphatic rings. The molecule has 1 N–H and O–H groups in total. The lowest BCUT2D eigenvalue weighted by Crippen LogP contribution is -2.55. The molecular weight excluding hydrogens is 188 g/mol. The molecule has 0 aromatic heterocycles. The van der Waals surface area contributed by atoms with Gasteiger partial charge in [-0.3, -0.25) is 4.90 Å². The number of hydrogen-bond donors (Lipinski definition) is 1. The molecule has 0 aromatic rings. The minimum Gasteiger partial charge on any atom is -0.378 e. The van der Waals surface area contributed by atoms with E-state index in [9.17, 15) is 0 Å². The first-order valence-corrected chi connectivity index (χ1v) is 6.38. The van der Waals surface area contributed by atoms with Crippen molar-refractivity contribution in [3.8, 4) is 0 Å². The van der Waals surface area contributed by atoms with Crippen LogP contribution in [0.2, 0.25) is 0 Å². The summed E-state index contributed by atoms with van der Waals surface area (Å²) in [6.45, 7) is 9.03. The zero-order valence-corrected chi connectivity index (χ0v) is 10.0. The molecule has 0 aromatic carbocycles. The summed E-state index contributed by atoms with van der Waals surface area (Å²) in [5.41, 5.74) is 0. The first-order valence-electron chi connectivity index (χ1n) is 6.38. The van der Waals surface area contributed by atoms with Gasteiger partial charge in [0.1, 0.15) is 0 Å². The number of rotatable bonds is 2. The van der Waals surface area contributed by atoms with Crippen LogP contribution in [0.3, 0.4) is 0 Å². The zero-order chi connectivity index (χ0) is 10.7. The molecule has 2 aliphatic heterocycles. The number of ether oxygens (including phenoxy) is 1. The molecule has 2 rings (SSSR count). The standard InChI is InChI=1S/C12H24N2O/c1-3-11-9-14(6-5-13-11)12-4-7-15-10(2)8-12/h10-13H,3-9H2,1-2H3. The van der Waals surface area contributed by atoms with Crippen LogP contribution in [0.5, 0.6) is 0 Å². The fourth-order valence-corrected chi connectivity index (χ4v) is 2.76. The van der Waals surface area contributed by atoms with E-state index in [1.807, 2.05) is 0 Å². The smallest absolute Gasteiger partial charge is 0.0561 e. The number of hydrogen-bond acceptors (Lipinski definition) is 3. The topological polar surface area (TPSA) is 24.5 Å². The van der Waals surface area contributed by atoms with E-state index in [4.69, 9.17) is 4.74 Å². The van der Waals surface area contributed by atoms with E-state index in [2.05, 4.69) is 24.1 Å². The molecule has 0 spiro atoms. The van der Waals surface area contributed by atoms with Crippen molar-refractivity contribution in [3.63, 3.8) is 0 Å².